The minimum Gasteiger partial charge on any atom is -0.459 e. The fourth-order valence-corrected chi connectivity index (χ4v) is 7.93. The highest BCUT2D eigenvalue weighted by atomic mass is 16.7. The molecule has 284 valence electrons. The molecule has 1 fully saturated rings. The fraction of sp³-hybridized carbons (Fsp3) is 0.649. The van der Waals surface area contributed by atoms with Crippen LogP contribution in [0.15, 0.2) is 47.7 Å². The number of nitrogens with zero attached hydrogens (tertiary/aromatic N) is 2. The number of methoxy groups -OCH3 is 1. The number of rotatable bonds is 20. The smallest absolute Gasteiger partial charge is 0.412 e. The summed E-state index contributed by atoms with van der Waals surface area (Å²) in [7, 11) is 2.79. The van der Waals surface area contributed by atoms with Gasteiger partial charge in [0.2, 0.25) is 5.79 Å². The molecule has 4 N–H and O–H groups in total. The van der Waals surface area contributed by atoms with E-state index >= 15 is 0 Å². The molecule has 2 aliphatic carbocycles. The summed E-state index contributed by atoms with van der Waals surface area (Å²) in [5.74, 6) is -1.38. The van der Waals surface area contributed by atoms with Crippen LogP contribution in [0.1, 0.15) is 63.4 Å². The molecule has 0 spiro atoms. The minimum absolute atomic E-state index is 0.0000708. The first-order valence-electron chi connectivity index (χ1n) is 17.9. The van der Waals surface area contributed by atoms with Crippen LogP contribution in [0.4, 0.5) is 9.59 Å². The van der Waals surface area contributed by atoms with Crippen molar-refractivity contribution in [3.63, 3.8) is 0 Å². The lowest BCUT2D eigenvalue weighted by molar-refractivity contribution is -0.255. The van der Waals surface area contributed by atoms with Crippen LogP contribution >= 0.6 is 0 Å². The topological polar surface area (TPSA) is 178 Å². The maximum absolute atomic E-state index is 13.6. The molecule has 2 amide bonds. The molecule has 6 unspecified atom stereocenters. The van der Waals surface area contributed by atoms with Gasteiger partial charge in [-0.1, -0.05) is 30.1 Å². The lowest BCUT2D eigenvalue weighted by Crippen LogP contribution is -2.70. The SMILES string of the molecule is C=CCOC12Oc3ccc(OC(=O)NCC)cc3C3C(CCCCO)C(CCCCO)C=C(C(=NOC)CC1N(CCOCCO)C(=O)OC)C32. The highest BCUT2D eigenvalue weighted by molar-refractivity contribution is 6.03. The molecule has 51 heavy (non-hydrogen) atoms. The zero-order valence-electron chi connectivity index (χ0n) is 30.1. The molecule has 0 aromatic heterocycles. The number of aliphatic hydroxyl groups is 3. The number of carbonyl (C=O) groups is 2. The van der Waals surface area contributed by atoms with E-state index in [1.54, 1.807) is 18.2 Å². The first-order chi connectivity index (χ1) is 24.8. The Morgan fingerprint density at radius 1 is 1.10 bits per heavy atom. The zero-order chi connectivity index (χ0) is 36.8. The van der Waals surface area contributed by atoms with Crippen molar-refractivity contribution in [1.29, 1.82) is 0 Å². The van der Waals surface area contributed by atoms with Gasteiger partial charge in [0.25, 0.3) is 0 Å². The van der Waals surface area contributed by atoms with Crippen molar-refractivity contribution in [2.24, 2.45) is 22.9 Å². The molecule has 6 atom stereocenters. The van der Waals surface area contributed by atoms with Gasteiger partial charge in [-0.15, -0.1) is 6.58 Å². The van der Waals surface area contributed by atoms with Gasteiger partial charge in [0.15, 0.2) is 0 Å². The fourth-order valence-electron chi connectivity index (χ4n) is 7.93. The second kappa shape index (κ2) is 19.8. The van der Waals surface area contributed by atoms with Gasteiger partial charge in [-0.05, 0) is 68.2 Å². The van der Waals surface area contributed by atoms with Gasteiger partial charge in [0.05, 0.1) is 45.2 Å². The monoisotopic (exact) mass is 717 g/mol. The summed E-state index contributed by atoms with van der Waals surface area (Å²) < 4.78 is 30.5. The molecule has 0 saturated heterocycles. The molecule has 1 saturated carbocycles. The van der Waals surface area contributed by atoms with Crippen molar-refractivity contribution in [3.05, 3.63) is 48.1 Å². The van der Waals surface area contributed by atoms with Gasteiger partial charge in [-0.3, -0.25) is 4.90 Å². The van der Waals surface area contributed by atoms with Gasteiger partial charge in [-0.2, -0.15) is 0 Å². The maximum atomic E-state index is 13.6. The molecule has 0 radical (unpaired) electrons. The normalized spacial score (nSPS) is 25.5. The number of fused-ring (bicyclic) bond motifs is 2. The quantitative estimate of drug-likeness (QED) is 0.0866. The van der Waals surface area contributed by atoms with Crippen molar-refractivity contribution in [3.8, 4) is 11.5 Å². The summed E-state index contributed by atoms with van der Waals surface area (Å²) in [5.41, 5.74) is 2.32. The van der Waals surface area contributed by atoms with E-state index in [9.17, 15) is 24.9 Å². The van der Waals surface area contributed by atoms with Crippen LogP contribution < -0.4 is 14.8 Å². The number of ether oxygens (including phenoxy) is 5. The Labute approximate surface area is 300 Å². The number of benzene rings is 1. The molecule has 1 aliphatic heterocycles. The van der Waals surface area contributed by atoms with Gasteiger partial charge in [0, 0.05) is 44.2 Å². The molecule has 0 bridgehead atoms. The Balaban J connectivity index is 2.00. The molecule has 4 rings (SSSR count). The summed E-state index contributed by atoms with van der Waals surface area (Å²) >= 11 is 0. The van der Waals surface area contributed by atoms with E-state index in [1.807, 2.05) is 13.0 Å². The number of unbranched alkanes of at least 4 members (excludes halogenated alkanes) is 2. The van der Waals surface area contributed by atoms with Crippen molar-refractivity contribution >= 4 is 17.9 Å². The average molecular weight is 718 g/mol. The van der Waals surface area contributed by atoms with E-state index in [2.05, 4.69) is 23.1 Å². The molecule has 3 aliphatic rings. The van der Waals surface area contributed by atoms with Crippen molar-refractivity contribution in [1.82, 2.24) is 10.2 Å². The minimum atomic E-state index is -1.47. The lowest BCUT2D eigenvalue weighted by Gasteiger charge is -2.59. The molecular formula is C37H55N3O11. The van der Waals surface area contributed by atoms with Crippen LogP contribution in [0.3, 0.4) is 0 Å². The van der Waals surface area contributed by atoms with Crippen molar-refractivity contribution in [2.75, 3.05) is 67.0 Å². The summed E-state index contributed by atoms with van der Waals surface area (Å²) in [5, 5.41) is 36.0. The number of hydrogen-bond donors (Lipinski definition) is 4. The number of allylic oxidation sites excluding steroid dienone is 1. The second-order valence-electron chi connectivity index (χ2n) is 12.9. The zero-order valence-corrected chi connectivity index (χ0v) is 30.1. The van der Waals surface area contributed by atoms with Crippen LogP contribution in [0, 0.1) is 17.8 Å². The predicted molar refractivity (Wildman–Crippen MR) is 189 cm³/mol. The third-order valence-corrected chi connectivity index (χ3v) is 9.88. The number of aliphatic hydroxyl groups excluding tert-OH is 3. The van der Waals surface area contributed by atoms with Gasteiger partial charge < -0.3 is 49.2 Å². The Kier molecular flexibility index (Phi) is 15.6. The number of amides is 2. The van der Waals surface area contributed by atoms with E-state index in [-0.39, 0.29) is 70.4 Å². The molecular weight excluding hydrogens is 662 g/mol. The van der Waals surface area contributed by atoms with E-state index in [4.69, 9.17) is 28.5 Å². The van der Waals surface area contributed by atoms with Crippen LogP contribution in [-0.2, 0) is 19.0 Å². The Morgan fingerprint density at radius 3 is 2.53 bits per heavy atom. The third-order valence-electron chi connectivity index (χ3n) is 9.88. The van der Waals surface area contributed by atoms with E-state index in [0.29, 0.717) is 36.6 Å². The lowest BCUT2D eigenvalue weighted by atomic mass is 9.55. The van der Waals surface area contributed by atoms with E-state index < -0.39 is 29.9 Å². The molecule has 1 aromatic rings. The Bertz CT molecular complexity index is 1370. The van der Waals surface area contributed by atoms with Crippen LogP contribution in [0.25, 0.3) is 0 Å². The molecule has 14 nitrogen and oxygen atoms in total. The Morgan fingerprint density at radius 2 is 1.86 bits per heavy atom. The van der Waals surface area contributed by atoms with E-state index in [1.165, 1.54) is 19.1 Å². The largest absolute Gasteiger partial charge is 0.459 e. The molecule has 14 heteroatoms. The number of carbonyl (C=O) groups excluding carboxylic acids is 2. The summed E-state index contributed by atoms with van der Waals surface area (Å²) in [6.45, 7) is 6.53. The number of nitrogens with one attached hydrogen (secondary N) is 1. The summed E-state index contributed by atoms with van der Waals surface area (Å²) in [4.78, 5) is 33.1. The van der Waals surface area contributed by atoms with Crippen LogP contribution in [0.2, 0.25) is 0 Å². The number of hydrogen-bond acceptors (Lipinski definition) is 12. The third kappa shape index (κ3) is 9.22. The summed E-state index contributed by atoms with van der Waals surface area (Å²) in [6, 6.07) is 4.50. The highest BCUT2D eigenvalue weighted by Crippen LogP contribution is 2.61. The number of oxime groups is 1. The maximum Gasteiger partial charge on any atom is 0.412 e. The van der Waals surface area contributed by atoms with Gasteiger partial charge >= 0.3 is 12.2 Å². The van der Waals surface area contributed by atoms with E-state index in [0.717, 1.165) is 36.8 Å². The standard InChI is InChI=1S/C37H55N3O11/c1-5-19-49-37-32(40(36(45)46-3)15-20-48-21-18-43)24-30(39-47-4)28-22-25(11-7-9-16-41)27(12-8-10-17-42)33(34(28)37)29-23-26(13-14-31(29)51-37)50-35(44)38-6-2/h5,13-14,22-23,25,27,32-34,41-43H,1,6-12,15-21,24H2,2-4H3,(H,38,44). The van der Waals surface area contributed by atoms with Crippen molar-refractivity contribution < 1.29 is 53.4 Å². The van der Waals surface area contributed by atoms with Crippen LogP contribution in [0.5, 0.6) is 11.5 Å². The average Bonchev–Trinajstić information content (AvgIpc) is 3.13. The summed E-state index contributed by atoms with van der Waals surface area (Å²) in [6.07, 6.45) is 7.25. The first-order valence-corrected chi connectivity index (χ1v) is 17.9. The first kappa shape index (κ1) is 40.1. The second-order valence-corrected chi connectivity index (χ2v) is 12.9. The molecule has 1 aromatic carbocycles. The predicted octanol–water partition coefficient (Wildman–Crippen LogP) is 4.14. The van der Waals surface area contributed by atoms with Gasteiger partial charge in [0.1, 0.15) is 24.7 Å². The van der Waals surface area contributed by atoms with Crippen molar-refractivity contribution in [2.45, 2.75) is 69.6 Å². The Hall–Kier alpha value is -3.69. The van der Waals surface area contributed by atoms with Crippen LogP contribution in [-0.4, -0.2) is 117 Å². The molecule has 1 heterocycles. The van der Waals surface area contributed by atoms with Gasteiger partial charge in [-0.25, -0.2) is 9.59 Å². The highest BCUT2D eigenvalue weighted by Gasteiger charge is 2.65.